The van der Waals surface area contributed by atoms with E-state index in [2.05, 4.69) is 23.3 Å². The van der Waals surface area contributed by atoms with Gasteiger partial charge in [0.25, 0.3) is 0 Å². The Kier molecular flexibility index (Phi) is 7.01. The summed E-state index contributed by atoms with van der Waals surface area (Å²) in [5.41, 5.74) is 7.99. The van der Waals surface area contributed by atoms with Gasteiger partial charge in [0.2, 0.25) is 0 Å². The van der Waals surface area contributed by atoms with Gasteiger partial charge in [0.15, 0.2) is 0 Å². The first-order valence-electron chi connectivity index (χ1n) is 7.25. The first-order valence-corrected chi connectivity index (χ1v) is 7.25. The summed E-state index contributed by atoms with van der Waals surface area (Å²) in [6, 6.07) is 4.11. The van der Waals surface area contributed by atoms with E-state index in [4.69, 9.17) is 10.8 Å². The average Bonchev–Trinajstić information content (AvgIpc) is 2.40. The van der Waals surface area contributed by atoms with Gasteiger partial charge in [-0.1, -0.05) is 20.3 Å². The van der Waals surface area contributed by atoms with Crippen molar-refractivity contribution in [1.29, 1.82) is 0 Å². The van der Waals surface area contributed by atoms with Gasteiger partial charge in [-0.15, -0.1) is 0 Å². The Morgan fingerprint density at radius 1 is 1.45 bits per heavy atom. The highest BCUT2D eigenvalue weighted by molar-refractivity contribution is 5.69. The molecule has 0 aliphatic rings. The van der Waals surface area contributed by atoms with Gasteiger partial charge >= 0.3 is 5.97 Å². The molecule has 0 spiro atoms. The Bertz CT molecular complexity index is 435. The maximum Gasteiger partial charge on any atom is 0.317 e. The number of unbranched alkanes of at least 4 members (excludes halogenated alkanes) is 1. The van der Waals surface area contributed by atoms with Gasteiger partial charge in [-0.25, -0.2) is 4.98 Å². The molecule has 0 aromatic carbocycles. The lowest BCUT2D eigenvalue weighted by atomic mass is 10.0. The molecule has 1 rings (SSSR count). The molecule has 0 aliphatic carbocycles. The van der Waals surface area contributed by atoms with Crippen molar-refractivity contribution in [3.63, 3.8) is 0 Å². The van der Waals surface area contributed by atoms with Crippen LogP contribution in [0.4, 0.5) is 5.82 Å². The Balaban J connectivity index is 2.68. The van der Waals surface area contributed by atoms with Crippen LogP contribution < -0.4 is 11.1 Å². The van der Waals surface area contributed by atoms with Gasteiger partial charge in [-0.2, -0.15) is 0 Å². The summed E-state index contributed by atoms with van der Waals surface area (Å²) in [6.45, 7) is 4.17. The highest BCUT2D eigenvalue weighted by Gasteiger charge is 2.10. The van der Waals surface area contributed by atoms with Crippen LogP contribution in [0.25, 0.3) is 0 Å². The predicted molar refractivity (Wildman–Crippen MR) is 80.7 cm³/mol. The number of carboxylic acid groups (broad SMARTS) is 1. The number of pyridine rings is 1. The van der Waals surface area contributed by atoms with Crippen LogP contribution in [0, 0.1) is 0 Å². The standard InChI is InChI=1S/C15H25N3O2/c1-3-5-6-11-7-13(18-14(16)8-11)9-12(4-2)17-10-15(19)20/h7-8,12,17H,3-6,9-10H2,1-2H3,(H2,16,18)(H,19,20). The zero-order valence-electron chi connectivity index (χ0n) is 12.4. The third-order valence-electron chi connectivity index (χ3n) is 3.27. The van der Waals surface area contributed by atoms with Gasteiger partial charge in [0, 0.05) is 18.2 Å². The van der Waals surface area contributed by atoms with Crippen molar-refractivity contribution < 1.29 is 9.90 Å². The van der Waals surface area contributed by atoms with E-state index in [0.717, 1.165) is 31.4 Å². The van der Waals surface area contributed by atoms with Gasteiger partial charge in [-0.3, -0.25) is 4.79 Å². The van der Waals surface area contributed by atoms with Gasteiger partial charge in [-0.05, 0) is 37.0 Å². The normalized spacial score (nSPS) is 12.3. The van der Waals surface area contributed by atoms with Crippen LogP contribution in [-0.2, 0) is 17.6 Å². The van der Waals surface area contributed by atoms with E-state index < -0.39 is 5.97 Å². The molecule has 1 heterocycles. The predicted octanol–water partition coefficient (Wildman–Crippen LogP) is 2.00. The van der Waals surface area contributed by atoms with Crippen molar-refractivity contribution in [2.75, 3.05) is 12.3 Å². The molecule has 0 aliphatic heterocycles. The summed E-state index contributed by atoms with van der Waals surface area (Å²) in [7, 11) is 0. The number of rotatable bonds is 9. The minimum atomic E-state index is -0.840. The Morgan fingerprint density at radius 3 is 2.80 bits per heavy atom. The Hall–Kier alpha value is -1.62. The SMILES string of the molecule is CCCCc1cc(N)nc(CC(CC)NCC(=O)O)c1. The number of anilines is 1. The smallest absolute Gasteiger partial charge is 0.317 e. The molecule has 0 bridgehead atoms. The minimum Gasteiger partial charge on any atom is -0.480 e. The zero-order chi connectivity index (χ0) is 15.0. The number of carboxylic acids is 1. The van der Waals surface area contributed by atoms with Crippen LogP contribution in [0.15, 0.2) is 12.1 Å². The van der Waals surface area contributed by atoms with E-state index in [0.29, 0.717) is 12.2 Å². The van der Waals surface area contributed by atoms with Crippen LogP contribution in [-0.4, -0.2) is 28.6 Å². The van der Waals surface area contributed by atoms with Crippen molar-refractivity contribution in [3.8, 4) is 0 Å². The molecular weight excluding hydrogens is 254 g/mol. The molecule has 5 heteroatoms. The number of nitrogens with zero attached hydrogens (tertiary/aromatic N) is 1. The van der Waals surface area contributed by atoms with Crippen molar-refractivity contribution in [2.45, 2.75) is 52.0 Å². The molecule has 0 saturated carbocycles. The summed E-state index contributed by atoms with van der Waals surface area (Å²) >= 11 is 0. The number of hydrogen-bond donors (Lipinski definition) is 3. The second kappa shape index (κ2) is 8.53. The van der Waals surface area contributed by atoms with Crippen molar-refractivity contribution >= 4 is 11.8 Å². The van der Waals surface area contributed by atoms with Crippen LogP contribution in [0.2, 0.25) is 0 Å². The van der Waals surface area contributed by atoms with Crippen LogP contribution in [0.1, 0.15) is 44.4 Å². The van der Waals surface area contributed by atoms with Crippen molar-refractivity contribution in [3.05, 3.63) is 23.4 Å². The van der Waals surface area contributed by atoms with E-state index in [9.17, 15) is 4.79 Å². The van der Waals surface area contributed by atoms with E-state index in [1.807, 2.05) is 13.0 Å². The molecule has 112 valence electrons. The molecule has 0 amide bonds. The lowest BCUT2D eigenvalue weighted by Gasteiger charge is -2.16. The Labute approximate surface area is 120 Å². The quantitative estimate of drug-likeness (QED) is 0.643. The van der Waals surface area contributed by atoms with Gasteiger partial charge in [0.05, 0.1) is 6.54 Å². The maximum absolute atomic E-state index is 10.6. The highest BCUT2D eigenvalue weighted by atomic mass is 16.4. The van der Waals surface area contributed by atoms with E-state index in [1.54, 1.807) is 0 Å². The Morgan fingerprint density at radius 2 is 2.20 bits per heavy atom. The molecule has 1 atom stereocenters. The molecule has 5 nitrogen and oxygen atoms in total. The third-order valence-corrected chi connectivity index (χ3v) is 3.27. The monoisotopic (exact) mass is 279 g/mol. The molecule has 4 N–H and O–H groups in total. The number of nitrogens with one attached hydrogen (secondary N) is 1. The van der Waals surface area contributed by atoms with Crippen LogP contribution >= 0.6 is 0 Å². The summed E-state index contributed by atoms with van der Waals surface area (Å²) in [4.78, 5) is 14.9. The molecule has 20 heavy (non-hydrogen) atoms. The largest absolute Gasteiger partial charge is 0.480 e. The maximum atomic E-state index is 10.6. The molecule has 1 unspecified atom stereocenters. The number of aromatic nitrogens is 1. The summed E-state index contributed by atoms with van der Waals surface area (Å²) < 4.78 is 0. The number of aliphatic carboxylic acids is 1. The highest BCUT2D eigenvalue weighted by Crippen LogP contribution is 2.13. The molecular formula is C15H25N3O2. The molecule has 0 fully saturated rings. The summed E-state index contributed by atoms with van der Waals surface area (Å²) in [5.74, 6) is -0.297. The summed E-state index contributed by atoms with van der Waals surface area (Å²) in [6.07, 6.45) is 4.85. The summed E-state index contributed by atoms with van der Waals surface area (Å²) in [5, 5.41) is 11.7. The third kappa shape index (κ3) is 6.02. The molecule has 1 aromatic rings. The second-order valence-corrected chi connectivity index (χ2v) is 5.08. The minimum absolute atomic E-state index is 0.0243. The molecule has 1 aromatic heterocycles. The van der Waals surface area contributed by atoms with E-state index >= 15 is 0 Å². The lowest BCUT2D eigenvalue weighted by Crippen LogP contribution is -2.35. The number of carbonyl (C=O) groups is 1. The van der Waals surface area contributed by atoms with Crippen LogP contribution in [0.3, 0.4) is 0 Å². The van der Waals surface area contributed by atoms with E-state index in [1.165, 1.54) is 5.56 Å². The number of nitrogen functional groups attached to an aromatic ring is 1. The van der Waals surface area contributed by atoms with Crippen molar-refractivity contribution in [1.82, 2.24) is 10.3 Å². The van der Waals surface area contributed by atoms with Gasteiger partial charge in [0.1, 0.15) is 5.82 Å². The zero-order valence-corrected chi connectivity index (χ0v) is 12.4. The van der Waals surface area contributed by atoms with E-state index in [-0.39, 0.29) is 12.6 Å². The average molecular weight is 279 g/mol. The fourth-order valence-electron chi connectivity index (χ4n) is 2.15. The molecule has 0 saturated heterocycles. The second-order valence-electron chi connectivity index (χ2n) is 5.08. The fraction of sp³-hybridized carbons (Fsp3) is 0.600. The topological polar surface area (TPSA) is 88.2 Å². The fourth-order valence-corrected chi connectivity index (χ4v) is 2.15. The first-order chi connectivity index (χ1) is 9.55. The van der Waals surface area contributed by atoms with Crippen molar-refractivity contribution in [2.24, 2.45) is 0 Å². The first kappa shape index (κ1) is 16.4. The lowest BCUT2D eigenvalue weighted by molar-refractivity contribution is -0.136. The van der Waals surface area contributed by atoms with Gasteiger partial charge < -0.3 is 16.2 Å². The number of hydrogen-bond acceptors (Lipinski definition) is 4. The number of nitrogens with two attached hydrogens (primary N) is 1. The van der Waals surface area contributed by atoms with Crippen LogP contribution in [0.5, 0.6) is 0 Å². The number of aryl methyl sites for hydroxylation is 1. The molecule has 0 radical (unpaired) electrons.